The lowest BCUT2D eigenvalue weighted by molar-refractivity contribution is -0.114. The summed E-state index contributed by atoms with van der Waals surface area (Å²) >= 11 is 1.16. The predicted octanol–water partition coefficient (Wildman–Crippen LogP) is 4.40. The molecule has 0 unspecified atom stereocenters. The Bertz CT molecular complexity index is 1390. The fraction of sp³-hybridized carbons (Fsp3) is 0.174. The zero-order valence-corrected chi connectivity index (χ0v) is 17.3. The van der Waals surface area contributed by atoms with Crippen LogP contribution in [-0.4, -0.2) is 22.9 Å². The van der Waals surface area contributed by atoms with Gasteiger partial charge < -0.3 is 5.32 Å². The lowest BCUT2D eigenvalue weighted by Crippen LogP contribution is -2.35. The van der Waals surface area contributed by atoms with Gasteiger partial charge in [0.15, 0.2) is 0 Å². The van der Waals surface area contributed by atoms with E-state index in [1.807, 2.05) is 50.2 Å². The number of hydrogen-bond donors (Lipinski definition) is 1. The average Bonchev–Trinajstić information content (AvgIpc) is 3.18. The number of anilines is 2. The van der Waals surface area contributed by atoms with Gasteiger partial charge in [0.1, 0.15) is 6.54 Å². The van der Waals surface area contributed by atoms with Crippen molar-refractivity contribution in [3.63, 3.8) is 0 Å². The molecular weight excluding hydrogens is 398 g/mol. The van der Waals surface area contributed by atoms with Crippen molar-refractivity contribution in [2.24, 2.45) is 0 Å². The summed E-state index contributed by atoms with van der Waals surface area (Å²) in [6.07, 6.45) is 0. The highest BCUT2D eigenvalue weighted by Crippen LogP contribution is 2.37. The Hall–Kier alpha value is -3.45. The van der Waals surface area contributed by atoms with E-state index in [1.54, 1.807) is 22.8 Å². The molecule has 1 aliphatic rings. The van der Waals surface area contributed by atoms with Crippen LogP contribution in [0.4, 0.5) is 11.4 Å². The molecule has 0 saturated heterocycles. The Morgan fingerprint density at radius 3 is 2.60 bits per heavy atom. The summed E-state index contributed by atoms with van der Waals surface area (Å²) in [7, 11) is 0. The molecule has 30 heavy (non-hydrogen) atoms. The molecule has 4 aromatic rings. The van der Waals surface area contributed by atoms with Crippen molar-refractivity contribution in [1.82, 2.24) is 4.57 Å². The van der Waals surface area contributed by atoms with Crippen LogP contribution < -0.4 is 15.1 Å². The van der Waals surface area contributed by atoms with E-state index in [9.17, 15) is 14.4 Å². The number of rotatable bonds is 4. The summed E-state index contributed by atoms with van der Waals surface area (Å²) in [5, 5.41) is 4.73. The topological polar surface area (TPSA) is 71.4 Å². The number of aromatic nitrogens is 1. The van der Waals surface area contributed by atoms with Gasteiger partial charge in [0.25, 0.3) is 5.91 Å². The molecule has 6 nitrogen and oxygen atoms in total. The normalized spacial score (nSPS) is 13.0. The van der Waals surface area contributed by atoms with Gasteiger partial charge in [-0.3, -0.25) is 23.9 Å². The Morgan fingerprint density at radius 2 is 1.83 bits per heavy atom. The second kappa shape index (κ2) is 6.81. The van der Waals surface area contributed by atoms with Gasteiger partial charge in [-0.2, -0.15) is 0 Å². The molecule has 0 radical (unpaired) electrons. The van der Waals surface area contributed by atoms with Gasteiger partial charge in [-0.25, -0.2) is 0 Å². The minimum absolute atomic E-state index is 0.0167. The first-order valence-electron chi connectivity index (χ1n) is 9.72. The van der Waals surface area contributed by atoms with Gasteiger partial charge in [-0.05, 0) is 49.6 Å². The van der Waals surface area contributed by atoms with Gasteiger partial charge in [0.2, 0.25) is 5.91 Å². The van der Waals surface area contributed by atoms with Gasteiger partial charge >= 0.3 is 4.87 Å². The van der Waals surface area contributed by atoms with Crippen LogP contribution in [0.2, 0.25) is 0 Å². The number of carbonyl (C=O) groups excluding carboxylic acids is 2. The highest BCUT2D eigenvalue weighted by Gasteiger charge is 2.30. The summed E-state index contributed by atoms with van der Waals surface area (Å²) in [6.45, 7) is 3.86. The number of nitrogens with zero attached hydrogens (tertiary/aromatic N) is 2. The maximum Gasteiger partial charge on any atom is 0.308 e. The first kappa shape index (κ1) is 18.6. The van der Waals surface area contributed by atoms with E-state index in [2.05, 4.69) is 5.32 Å². The summed E-state index contributed by atoms with van der Waals surface area (Å²) < 4.78 is 2.56. The third-order valence-electron chi connectivity index (χ3n) is 5.36. The Balaban J connectivity index is 1.40. The third kappa shape index (κ3) is 2.81. The summed E-state index contributed by atoms with van der Waals surface area (Å²) in [5.41, 5.74) is 2.84. The summed E-state index contributed by atoms with van der Waals surface area (Å²) in [5.74, 6) is -0.456. The smallest absolute Gasteiger partial charge is 0.308 e. The molecule has 1 aliphatic heterocycles. The van der Waals surface area contributed by atoms with Gasteiger partial charge in [0, 0.05) is 22.7 Å². The fourth-order valence-corrected chi connectivity index (χ4v) is 5.14. The number of amides is 2. The van der Waals surface area contributed by atoms with Crippen LogP contribution in [0.25, 0.3) is 21.0 Å². The number of carbonyl (C=O) groups is 2. The van der Waals surface area contributed by atoms with Gasteiger partial charge in [-0.15, -0.1) is 0 Å². The molecule has 150 valence electrons. The zero-order chi connectivity index (χ0) is 21.0. The van der Waals surface area contributed by atoms with Crippen molar-refractivity contribution in [2.75, 3.05) is 16.8 Å². The highest BCUT2D eigenvalue weighted by atomic mass is 32.1. The SMILES string of the molecule is CC(C)n1c(=O)sc2cc(NC(=O)CN3C(=O)c4cccc5cccc3c45)ccc21. The second-order valence-corrected chi connectivity index (χ2v) is 8.63. The molecule has 2 amide bonds. The molecule has 0 spiro atoms. The first-order valence-corrected chi connectivity index (χ1v) is 10.5. The van der Waals surface area contributed by atoms with Gasteiger partial charge in [-0.1, -0.05) is 35.6 Å². The highest BCUT2D eigenvalue weighted by molar-refractivity contribution is 7.16. The molecule has 7 heteroatoms. The molecule has 5 rings (SSSR count). The Morgan fingerprint density at radius 1 is 1.07 bits per heavy atom. The standard InChI is InChI=1S/C23H19N3O3S/c1-13(2)26-17-10-9-15(11-19(17)30-23(26)29)24-20(27)12-25-18-8-4-6-14-5-3-7-16(21(14)18)22(25)28/h3-11,13H,12H2,1-2H3,(H,24,27). The number of nitrogens with one attached hydrogen (secondary N) is 1. The maximum atomic E-state index is 12.9. The molecule has 2 heterocycles. The van der Waals surface area contributed by atoms with Crippen LogP contribution in [0.1, 0.15) is 30.2 Å². The van der Waals surface area contributed by atoms with Crippen LogP contribution >= 0.6 is 11.3 Å². The Kier molecular flexibility index (Phi) is 4.22. The van der Waals surface area contributed by atoms with E-state index in [0.29, 0.717) is 11.3 Å². The number of hydrogen-bond acceptors (Lipinski definition) is 4. The van der Waals surface area contributed by atoms with Crippen molar-refractivity contribution in [1.29, 1.82) is 0 Å². The quantitative estimate of drug-likeness (QED) is 0.535. The molecule has 0 atom stereocenters. The predicted molar refractivity (Wildman–Crippen MR) is 121 cm³/mol. The third-order valence-corrected chi connectivity index (χ3v) is 6.28. The molecule has 0 saturated carbocycles. The molecule has 0 bridgehead atoms. The van der Waals surface area contributed by atoms with Crippen LogP contribution in [-0.2, 0) is 4.79 Å². The van der Waals surface area contributed by atoms with E-state index in [0.717, 1.165) is 38.0 Å². The zero-order valence-electron chi connectivity index (χ0n) is 16.5. The molecule has 1 aromatic heterocycles. The van der Waals surface area contributed by atoms with E-state index in [-0.39, 0.29) is 29.3 Å². The fourth-order valence-electron chi connectivity index (χ4n) is 4.08. The van der Waals surface area contributed by atoms with Gasteiger partial charge in [0.05, 0.1) is 15.9 Å². The summed E-state index contributed by atoms with van der Waals surface area (Å²) in [4.78, 5) is 39.3. The van der Waals surface area contributed by atoms with Crippen molar-refractivity contribution in [3.05, 3.63) is 69.8 Å². The van der Waals surface area contributed by atoms with Crippen molar-refractivity contribution < 1.29 is 9.59 Å². The summed E-state index contributed by atoms with van der Waals surface area (Å²) in [6, 6.07) is 16.8. The minimum Gasteiger partial charge on any atom is -0.324 e. The molecule has 3 aromatic carbocycles. The average molecular weight is 417 g/mol. The van der Waals surface area contributed by atoms with Crippen LogP contribution in [0, 0.1) is 0 Å². The van der Waals surface area contributed by atoms with Crippen LogP contribution in [0.3, 0.4) is 0 Å². The maximum absolute atomic E-state index is 12.9. The lowest BCUT2D eigenvalue weighted by atomic mass is 10.1. The molecule has 1 N–H and O–H groups in total. The number of thiazole rings is 1. The monoisotopic (exact) mass is 417 g/mol. The van der Waals surface area contributed by atoms with Crippen LogP contribution in [0.5, 0.6) is 0 Å². The molecular formula is C23H19N3O3S. The van der Waals surface area contributed by atoms with Crippen molar-refractivity contribution in [2.45, 2.75) is 19.9 Å². The minimum atomic E-state index is -0.289. The largest absolute Gasteiger partial charge is 0.324 e. The molecule has 0 aliphatic carbocycles. The van der Waals surface area contributed by atoms with E-state index >= 15 is 0 Å². The first-order chi connectivity index (χ1) is 14.4. The van der Waals surface area contributed by atoms with E-state index < -0.39 is 0 Å². The number of benzene rings is 3. The van der Waals surface area contributed by atoms with Crippen LogP contribution in [0.15, 0.2) is 59.4 Å². The Labute approximate surface area is 176 Å². The lowest BCUT2D eigenvalue weighted by Gasteiger charge is -2.17. The van der Waals surface area contributed by atoms with Crippen molar-refractivity contribution in [3.8, 4) is 0 Å². The molecule has 0 fully saturated rings. The number of fused-ring (bicyclic) bond motifs is 1. The second-order valence-electron chi connectivity index (χ2n) is 7.63. The van der Waals surface area contributed by atoms with E-state index in [4.69, 9.17) is 0 Å². The van der Waals surface area contributed by atoms with Crippen molar-refractivity contribution >= 4 is 55.5 Å². The van der Waals surface area contributed by atoms with E-state index in [1.165, 1.54) is 4.90 Å².